The lowest BCUT2D eigenvalue weighted by atomic mass is 9.79. The molecular formula is C23H19ClN2OS. The summed E-state index contributed by atoms with van der Waals surface area (Å²) in [5.41, 5.74) is 4.90. The van der Waals surface area contributed by atoms with Crippen molar-refractivity contribution >= 4 is 40.1 Å². The normalized spacial score (nSPS) is 21.2. The summed E-state index contributed by atoms with van der Waals surface area (Å²) in [5, 5.41) is 9.95. The zero-order valence-electron chi connectivity index (χ0n) is 15.1. The molecule has 3 nitrogen and oxygen atoms in total. The molecule has 0 amide bonds. The molecule has 1 aliphatic heterocycles. The molecule has 28 heavy (non-hydrogen) atoms. The summed E-state index contributed by atoms with van der Waals surface area (Å²) in [6.07, 6.45) is 1.24. The summed E-state index contributed by atoms with van der Waals surface area (Å²) in [6.45, 7) is 0. The maximum atomic E-state index is 13.4. The van der Waals surface area contributed by atoms with Crippen LogP contribution in [0.5, 0.6) is 0 Å². The third-order valence-corrected chi connectivity index (χ3v) is 6.76. The summed E-state index contributed by atoms with van der Waals surface area (Å²) >= 11 is 8.12. The number of fused-ring (bicyclic) bond motifs is 1. The number of hydrogen-bond donors (Lipinski definition) is 2. The summed E-state index contributed by atoms with van der Waals surface area (Å²) in [7, 11) is 0. The van der Waals surface area contributed by atoms with Gasteiger partial charge in [-0.3, -0.25) is 4.79 Å². The highest BCUT2D eigenvalue weighted by molar-refractivity contribution is 7.10. The van der Waals surface area contributed by atoms with E-state index in [9.17, 15) is 4.79 Å². The fourth-order valence-electron chi connectivity index (χ4n) is 4.19. The summed E-state index contributed by atoms with van der Waals surface area (Å²) in [4.78, 5) is 14.5. The molecule has 1 aliphatic carbocycles. The third-order valence-electron chi connectivity index (χ3n) is 5.48. The van der Waals surface area contributed by atoms with Crippen LogP contribution in [-0.4, -0.2) is 5.78 Å². The van der Waals surface area contributed by atoms with E-state index < -0.39 is 0 Å². The Kier molecular flexibility index (Phi) is 4.46. The van der Waals surface area contributed by atoms with Crippen LogP contribution in [0.3, 0.4) is 0 Å². The number of para-hydroxylation sites is 2. The van der Waals surface area contributed by atoms with Crippen molar-refractivity contribution in [3.63, 3.8) is 0 Å². The Morgan fingerprint density at radius 3 is 2.50 bits per heavy atom. The van der Waals surface area contributed by atoms with E-state index in [-0.39, 0.29) is 17.7 Å². The Morgan fingerprint density at radius 2 is 1.71 bits per heavy atom. The van der Waals surface area contributed by atoms with Crippen molar-refractivity contribution in [3.8, 4) is 0 Å². The minimum atomic E-state index is -0.133. The number of ketones is 1. The van der Waals surface area contributed by atoms with Gasteiger partial charge in [0, 0.05) is 27.6 Å². The molecule has 0 saturated carbocycles. The highest BCUT2D eigenvalue weighted by Crippen LogP contribution is 2.45. The topological polar surface area (TPSA) is 41.1 Å². The second-order valence-electron chi connectivity index (χ2n) is 7.21. The van der Waals surface area contributed by atoms with Crippen molar-refractivity contribution in [1.82, 2.24) is 0 Å². The maximum absolute atomic E-state index is 13.4. The zero-order chi connectivity index (χ0) is 19.1. The molecule has 0 fully saturated rings. The Bertz CT molecular complexity index is 1070. The molecule has 1 aromatic heterocycles. The first kappa shape index (κ1) is 17.5. The molecule has 0 radical (unpaired) electrons. The molecule has 140 valence electrons. The first-order chi connectivity index (χ1) is 13.7. The zero-order valence-corrected chi connectivity index (χ0v) is 16.7. The van der Waals surface area contributed by atoms with Gasteiger partial charge in [-0.25, -0.2) is 0 Å². The summed E-state index contributed by atoms with van der Waals surface area (Å²) in [6, 6.07) is 20.0. The minimum Gasteiger partial charge on any atom is -0.372 e. The average Bonchev–Trinajstić information content (AvgIpc) is 3.17. The molecule has 2 N–H and O–H groups in total. The lowest BCUT2D eigenvalue weighted by Crippen LogP contribution is -2.26. The first-order valence-corrected chi connectivity index (χ1v) is 10.6. The lowest BCUT2D eigenvalue weighted by Gasteiger charge is -2.29. The molecule has 2 atom stereocenters. The van der Waals surface area contributed by atoms with E-state index in [0.717, 1.165) is 44.5 Å². The quantitative estimate of drug-likeness (QED) is 0.518. The van der Waals surface area contributed by atoms with Gasteiger partial charge in [-0.15, -0.1) is 11.3 Å². The fourth-order valence-corrected chi connectivity index (χ4v) is 5.26. The molecule has 0 saturated heterocycles. The van der Waals surface area contributed by atoms with Gasteiger partial charge in [0.2, 0.25) is 0 Å². The number of thiophene rings is 1. The molecule has 5 heteroatoms. The average molecular weight is 407 g/mol. The van der Waals surface area contributed by atoms with E-state index in [1.807, 2.05) is 48.5 Å². The van der Waals surface area contributed by atoms with Crippen molar-refractivity contribution in [2.45, 2.75) is 24.8 Å². The Hall–Kier alpha value is -2.56. The molecule has 2 unspecified atom stereocenters. The predicted molar refractivity (Wildman–Crippen MR) is 116 cm³/mol. The number of allylic oxidation sites excluding steroid dienone is 1. The maximum Gasteiger partial charge on any atom is 0.163 e. The van der Waals surface area contributed by atoms with Gasteiger partial charge in [-0.1, -0.05) is 48.0 Å². The number of rotatable bonds is 2. The van der Waals surface area contributed by atoms with Crippen molar-refractivity contribution in [1.29, 1.82) is 0 Å². The van der Waals surface area contributed by atoms with Gasteiger partial charge >= 0.3 is 0 Å². The van der Waals surface area contributed by atoms with Gasteiger partial charge < -0.3 is 10.6 Å². The van der Waals surface area contributed by atoms with E-state index in [1.54, 1.807) is 11.3 Å². The molecule has 3 aromatic rings. The number of Topliss-reactive ketones (excluding diaryl/α,β-unsaturated/α-hetero) is 1. The fraction of sp³-hybridized carbons (Fsp3) is 0.174. The van der Waals surface area contributed by atoms with Gasteiger partial charge in [0.05, 0.1) is 17.4 Å². The van der Waals surface area contributed by atoms with E-state index in [2.05, 4.69) is 28.1 Å². The summed E-state index contributed by atoms with van der Waals surface area (Å²) < 4.78 is 0. The second kappa shape index (κ2) is 7.12. The molecule has 5 rings (SSSR count). The number of halogens is 1. The minimum absolute atomic E-state index is 0.0849. The molecule has 0 bridgehead atoms. The molecule has 2 aromatic carbocycles. The van der Waals surface area contributed by atoms with Crippen LogP contribution in [0, 0.1) is 0 Å². The van der Waals surface area contributed by atoms with E-state index in [1.165, 1.54) is 0 Å². The van der Waals surface area contributed by atoms with Gasteiger partial charge in [0.25, 0.3) is 0 Å². The Labute approximate surface area is 173 Å². The van der Waals surface area contributed by atoms with E-state index in [4.69, 9.17) is 11.6 Å². The van der Waals surface area contributed by atoms with Crippen molar-refractivity contribution < 1.29 is 4.79 Å². The number of hydrogen-bond acceptors (Lipinski definition) is 4. The number of carbonyl (C=O) groups excluding carboxylic acids is 1. The van der Waals surface area contributed by atoms with Crippen LogP contribution >= 0.6 is 22.9 Å². The second-order valence-corrected chi connectivity index (χ2v) is 8.59. The Balaban J connectivity index is 1.62. The molecule has 0 spiro atoms. The largest absolute Gasteiger partial charge is 0.372 e. The predicted octanol–water partition coefficient (Wildman–Crippen LogP) is 6.38. The van der Waals surface area contributed by atoms with Crippen LogP contribution in [0.25, 0.3) is 0 Å². The van der Waals surface area contributed by atoms with E-state index >= 15 is 0 Å². The van der Waals surface area contributed by atoms with E-state index in [0.29, 0.717) is 6.42 Å². The van der Waals surface area contributed by atoms with Crippen LogP contribution in [-0.2, 0) is 4.79 Å². The van der Waals surface area contributed by atoms with Crippen LogP contribution in [0.4, 0.5) is 11.4 Å². The molecule has 2 aliphatic rings. The number of nitrogens with one attached hydrogen (secondary N) is 2. The third kappa shape index (κ3) is 3.03. The van der Waals surface area contributed by atoms with Crippen molar-refractivity contribution in [3.05, 3.63) is 92.8 Å². The van der Waals surface area contributed by atoms with Crippen molar-refractivity contribution in [2.24, 2.45) is 0 Å². The monoisotopic (exact) mass is 406 g/mol. The highest BCUT2D eigenvalue weighted by atomic mass is 35.5. The summed E-state index contributed by atoms with van der Waals surface area (Å²) in [5.74, 6) is 0.263. The number of anilines is 2. The lowest BCUT2D eigenvalue weighted by molar-refractivity contribution is -0.116. The standard InChI is InChI=1S/C23H19ClN2OS/c24-16-7-2-1-6-15(16)14-12-19-22(20(27)13-14)23(21-10-5-11-28-21)26-18-9-4-3-8-17(18)25-19/h1-11,14,23,25-26H,12-13H2. The highest BCUT2D eigenvalue weighted by Gasteiger charge is 2.36. The Morgan fingerprint density at radius 1 is 0.929 bits per heavy atom. The van der Waals surface area contributed by atoms with Crippen molar-refractivity contribution in [2.75, 3.05) is 10.6 Å². The van der Waals surface area contributed by atoms with Gasteiger partial charge in [0.15, 0.2) is 5.78 Å². The van der Waals surface area contributed by atoms with Crippen LogP contribution in [0.15, 0.2) is 77.3 Å². The number of benzene rings is 2. The van der Waals surface area contributed by atoms with Gasteiger partial charge in [-0.05, 0) is 47.5 Å². The van der Waals surface area contributed by atoms with Gasteiger partial charge in [-0.2, -0.15) is 0 Å². The van der Waals surface area contributed by atoms with Crippen LogP contribution in [0.2, 0.25) is 5.02 Å². The van der Waals surface area contributed by atoms with Gasteiger partial charge in [0.1, 0.15) is 0 Å². The molecular weight excluding hydrogens is 388 g/mol. The van der Waals surface area contributed by atoms with Crippen LogP contribution in [0.1, 0.15) is 35.2 Å². The smallest absolute Gasteiger partial charge is 0.163 e. The molecule has 2 heterocycles. The first-order valence-electron chi connectivity index (χ1n) is 9.37. The SMILES string of the molecule is O=C1CC(c2ccccc2Cl)CC2=C1C(c1cccs1)Nc1ccccc1N2. The van der Waals surface area contributed by atoms with Crippen LogP contribution < -0.4 is 10.6 Å². The number of carbonyl (C=O) groups is 1.